The van der Waals surface area contributed by atoms with Gasteiger partial charge in [-0.2, -0.15) is 0 Å². The van der Waals surface area contributed by atoms with E-state index in [0.29, 0.717) is 31.0 Å². The van der Waals surface area contributed by atoms with Gasteiger partial charge in [0.15, 0.2) is 5.96 Å². The normalized spacial score (nSPS) is 11.0. The molecule has 132 valence electrons. The van der Waals surface area contributed by atoms with Crippen LogP contribution in [0.15, 0.2) is 40.7 Å². The van der Waals surface area contributed by atoms with Crippen molar-refractivity contribution in [3.05, 3.63) is 57.8 Å². The Kier molecular flexibility index (Phi) is 9.85. The summed E-state index contributed by atoms with van der Waals surface area (Å²) in [4.78, 5) is 5.79. The van der Waals surface area contributed by atoms with Crippen LogP contribution in [0.1, 0.15) is 17.4 Å². The summed E-state index contributed by atoms with van der Waals surface area (Å²) in [6.07, 6.45) is 1.30. The Balaban J connectivity index is 0.00000288. The molecule has 7 heteroatoms. The molecule has 0 aliphatic rings. The quantitative estimate of drug-likeness (QED) is 0.369. The molecule has 2 rings (SSSR count). The minimum absolute atomic E-state index is 0. The van der Waals surface area contributed by atoms with Gasteiger partial charge in [-0.25, -0.2) is 8.78 Å². The molecule has 2 aromatic rings. The molecule has 2 N–H and O–H groups in total. The number of rotatable bonds is 7. The molecule has 0 saturated heterocycles. The monoisotopic (exact) mass is 465 g/mol. The Hall–Kier alpha value is -1.22. The number of guanidine groups is 1. The van der Waals surface area contributed by atoms with Crippen molar-refractivity contribution >= 4 is 41.3 Å². The minimum Gasteiger partial charge on any atom is -0.357 e. The molecule has 0 bridgehead atoms. The third kappa shape index (κ3) is 7.12. The number of aliphatic imine (C=N–C) groups is 1. The predicted octanol–water partition coefficient (Wildman–Crippen LogP) is 3.98. The van der Waals surface area contributed by atoms with Gasteiger partial charge < -0.3 is 10.6 Å². The smallest absolute Gasteiger partial charge is 0.191 e. The molecule has 24 heavy (non-hydrogen) atoms. The Morgan fingerprint density at radius 3 is 2.71 bits per heavy atom. The third-order valence-electron chi connectivity index (χ3n) is 3.25. The van der Waals surface area contributed by atoms with Gasteiger partial charge in [-0.05, 0) is 48.6 Å². The summed E-state index contributed by atoms with van der Waals surface area (Å²) in [5, 5.41) is 8.35. The Morgan fingerprint density at radius 2 is 2.00 bits per heavy atom. The van der Waals surface area contributed by atoms with Crippen LogP contribution < -0.4 is 10.6 Å². The van der Waals surface area contributed by atoms with Crippen LogP contribution in [-0.4, -0.2) is 25.6 Å². The van der Waals surface area contributed by atoms with E-state index in [1.54, 1.807) is 11.3 Å². The number of hydrogen-bond acceptors (Lipinski definition) is 2. The number of halogens is 3. The van der Waals surface area contributed by atoms with Crippen LogP contribution in [0.25, 0.3) is 0 Å². The summed E-state index contributed by atoms with van der Waals surface area (Å²) in [6, 6.07) is 7.64. The second-order valence-corrected chi connectivity index (χ2v) is 6.03. The van der Waals surface area contributed by atoms with Crippen molar-refractivity contribution in [1.82, 2.24) is 10.6 Å². The van der Waals surface area contributed by atoms with E-state index < -0.39 is 5.82 Å². The molecule has 0 unspecified atom stereocenters. The van der Waals surface area contributed by atoms with Crippen molar-refractivity contribution in [3.63, 3.8) is 0 Å². The fourth-order valence-corrected chi connectivity index (χ4v) is 2.82. The van der Waals surface area contributed by atoms with Crippen LogP contribution in [0.4, 0.5) is 8.78 Å². The molecule has 1 aromatic heterocycles. The lowest BCUT2D eigenvalue weighted by molar-refractivity contribution is 0.583. The topological polar surface area (TPSA) is 36.4 Å². The molecule has 0 fully saturated rings. The van der Waals surface area contributed by atoms with E-state index in [0.717, 1.165) is 25.1 Å². The number of thiophene rings is 1. The molecule has 3 nitrogen and oxygen atoms in total. The van der Waals surface area contributed by atoms with E-state index in [9.17, 15) is 8.78 Å². The van der Waals surface area contributed by atoms with Crippen LogP contribution in [-0.2, 0) is 12.8 Å². The molecular formula is C17H22F2IN3S. The number of benzene rings is 1. The first-order chi connectivity index (χ1) is 11.2. The zero-order chi connectivity index (χ0) is 16.5. The maximum atomic E-state index is 13.6. The second-order valence-electron chi connectivity index (χ2n) is 5.00. The molecule has 0 radical (unpaired) electrons. The van der Waals surface area contributed by atoms with Gasteiger partial charge in [0.05, 0.1) is 0 Å². The van der Waals surface area contributed by atoms with Gasteiger partial charge in [0.25, 0.3) is 0 Å². The molecule has 0 aliphatic heterocycles. The van der Waals surface area contributed by atoms with Crippen LogP contribution in [0.5, 0.6) is 0 Å². The average molecular weight is 465 g/mol. The lowest BCUT2D eigenvalue weighted by Gasteiger charge is -2.11. The van der Waals surface area contributed by atoms with Crippen LogP contribution >= 0.6 is 35.3 Å². The van der Waals surface area contributed by atoms with Gasteiger partial charge in [0.2, 0.25) is 0 Å². The summed E-state index contributed by atoms with van der Waals surface area (Å²) >= 11 is 1.72. The standard InChI is InChI=1S/C17H21F2N3S.HI/c1-2-20-17(22-10-8-15-4-3-11-23-15)21-9-7-13-12-14(18)5-6-16(13)19;/h3-6,11-12H,2,7-10H2,1H3,(H2,20,21,22);1H. The van der Waals surface area contributed by atoms with Crippen molar-refractivity contribution < 1.29 is 8.78 Å². The fraction of sp³-hybridized carbons (Fsp3) is 0.353. The SMILES string of the molecule is CCNC(=NCCc1cccs1)NCCc1cc(F)ccc1F.I. The second kappa shape index (κ2) is 11.4. The minimum atomic E-state index is -0.419. The predicted molar refractivity (Wildman–Crippen MR) is 107 cm³/mol. The van der Waals surface area contributed by atoms with E-state index in [1.165, 1.54) is 10.9 Å². The first-order valence-electron chi connectivity index (χ1n) is 7.67. The van der Waals surface area contributed by atoms with Crippen molar-refractivity contribution in [3.8, 4) is 0 Å². The average Bonchev–Trinajstić information content (AvgIpc) is 3.04. The maximum Gasteiger partial charge on any atom is 0.191 e. The Bertz CT molecular complexity index is 633. The Morgan fingerprint density at radius 1 is 1.17 bits per heavy atom. The van der Waals surface area contributed by atoms with Crippen LogP contribution in [0, 0.1) is 11.6 Å². The van der Waals surface area contributed by atoms with E-state index in [4.69, 9.17) is 0 Å². The van der Waals surface area contributed by atoms with Crippen molar-refractivity contribution in [2.24, 2.45) is 4.99 Å². The van der Waals surface area contributed by atoms with E-state index >= 15 is 0 Å². The zero-order valence-corrected chi connectivity index (χ0v) is 16.7. The summed E-state index contributed by atoms with van der Waals surface area (Å²) in [5.74, 6) is -0.105. The number of hydrogen-bond donors (Lipinski definition) is 2. The molecule has 1 heterocycles. The summed E-state index contributed by atoms with van der Waals surface area (Å²) in [7, 11) is 0. The molecule has 0 aliphatic carbocycles. The van der Waals surface area contributed by atoms with Gasteiger partial charge in [-0.1, -0.05) is 6.07 Å². The first kappa shape index (κ1) is 20.8. The summed E-state index contributed by atoms with van der Waals surface area (Å²) in [5.41, 5.74) is 0.368. The first-order valence-corrected chi connectivity index (χ1v) is 8.55. The lowest BCUT2D eigenvalue weighted by Crippen LogP contribution is -2.38. The Labute approximate surface area is 162 Å². The highest BCUT2D eigenvalue weighted by Crippen LogP contribution is 2.10. The molecule has 0 saturated carbocycles. The molecule has 0 atom stereocenters. The zero-order valence-electron chi connectivity index (χ0n) is 13.5. The van der Waals surface area contributed by atoms with Gasteiger partial charge in [0.1, 0.15) is 11.6 Å². The van der Waals surface area contributed by atoms with Crippen LogP contribution in [0.3, 0.4) is 0 Å². The third-order valence-corrected chi connectivity index (χ3v) is 4.18. The van der Waals surface area contributed by atoms with Gasteiger partial charge in [-0.3, -0.25) is 4.99 Å². The summed E-state index contributed by atoms with van der Waals surface area (Å²) in [6.45, 7) is 3.91. The number of nitrogens with one attached hydrogen (secondary N) is 2. The molecule has 0 amide bonds. The fourth-order valence-electron chi connectivity index (χ4n) is 2.12. The van der Waals surface area contributed by atoms with Crippen molar-refractivity contribution in [2.45, 2.75) is 19.8 Å². The van der Waals surface area contributed by atoms with Crippen LogP contribution in [0.2, 0.25) is 0 Å². The lowest BCUT2D eigenvalue weighted by atomic mass is 10.1. The van der Waals surface area contributed by atoms with E-state index in [1.807, 2.05) is 13.0 Å². The number of nitrogens with zero attached hydrogens (tertiary/aromatic N) is 1. The molecular weight excluding hydrogens is 443 g/mol. The highest BCUT2D eigenvalue weighted by molar-refractivity contribution is 14.0. The van der Waals surface area contributed by atoms with Crippen molar-refractivity contribution in [2.75, 3.05) is 19.6 Å². The molecule has 0 spiro atoms. The van der Waals surface area contributed by atoms with Gasteiger partial charge >= 0.3 is 0 Å². The van der Waals surface area contributed by atoms with Crippen molar-refractivity contribution in [1.29, 1.82) is 0 Å². The largest absolute Gasteiger partial charge is 0.357 e. The highest BCUT2D eigenvalue weighted by atomic mass is 127. The van der Waals surface area contributed by atoms with Gasteiger partial charge in [-0.15, -0.1) is 35.3 Å². The maximum absolute atomic E-state index is 13.6. The summed E-state index contributed by atoms with van der Waals surface area (Å²) < 4.78 is 26.7. The highest BCUT2D eigenvalue weighted by Gasteiger charge is 2.04. The van der Waals surface area contributed by atoms with Gasteiger partial charge in [0, 0.05) is 30.9 Å². The van der Waals surface area contributed by atoms with E-state index in [-0.39, 0.29) is 29.8 Å². The van der Waals surface area contributed by atoms with E-state index in [2.05, 4.69) is 27.1 Å². The molecule has 1 aromatic carbocycles.